The molecule has 0 N–H and O–H groups in total. The van der Waals surface area contributed by atoms with Crippen molar-refractivity contribution in [2.24, 2.45) is 0 Å². The molecule has 2 heterocycles. The Morgan fingerprint density at radius 1 is 0.318 bits per heavy atom. The average molecular weight is 560 g/mol. The molecular weight excluding hydrogens is 534 g/mol. The SMILES string of the molecule is c1ccc(-c2ccc3c(c2)c2cc4c(cc2n3-c2ccc3c5ccccc5c5ccccc5c3c2)oc2ccccc24)cc1. The predicted octanol–water partition coefficient (Wildman–Crippen LogP) is 11.8. The van der Waals surface area contributed by atoms with Gasteiger partial charge < -0.3 is 8.98 Å². The van der Waals surface area contributed by atoms with Crippen molar-refractivity contribution in [2.45, 2.75) is 0 Å². The molecule has 0 radical (unpaired) electrons. The van der Waals surface area contributed by atoms with Crippen molar-refractivity contribution < 1.29 is 4.42 Å². The second-order valence-corrected chi connectivity index (χ2v) is 11.7. The maximum atomic E-state index is 6.40. The Balaban J connectivity index is 1.34. The Bertz CT molecular complexity index is 2730. The van der Waals surface area contributed by atoms with Crippen LogP contribution in [-0.2, 0) is 0 Å². The number of hydrogen-bond donors (Lipinski definition) is 0. The second kappa shape index (κ2) is 8.82. The summed E-state index contributed by atoms with van der Waals surface area (Å²) in [7, 11) is 0. The summed E-state index contributed by atoms with van der Waals surface area (Å²) in [4.78, 5) is 0. The van der Waals surface area contributed by atoms with Crippen LogP contribution in [-0.4, -0.2) is 4.57 Å². The zero-order valence-corrected chi connectivity index (χ0v) is 23.8. The molecule has 10 aromatic rings. The quantitative estimate of drug-likeness (QED) is 0.193. The van der Waals surface area contributed by atoms with Crippen molar-refractivity contribution >= 4 is 76.1 Å². The van der Waals surface area contributed by atoms with Gasteiger partial charge in [-0.25, -0.2) is 0 Å². The number of furan rings is 1. The summed E-state index contributed by atoms with van der Waals surface area (Å²) in [6, 6.07) is 54.9. The first-order valence-electron chi connectivity index (χ1n) is 15.1. The summed E-state index contributed by atoms with van der Waals surface area (Å²) >= 11 is 0. The first kappa shape index (κ1) is 23.7. The van der Waals surface area contributed by atoms with Gasteiger partial charge in [0.2, 0.25) is 0 Å². The van der Waals surface area contributed by atoms with E-state index in [0.717, 1.165) is 33.1 Å². The van der Waals surface area contributed by atoms with Crippen LogP contribution in [0.2, 0.25) is 0 Å². The molecule has 0 aliphatic carbocycles. The zero-order valence-electron chi connectivity index (χ0n) is 23.8. The fraction of sp³-hybridized carbons (Fsp3) is 0. The van der Waals surface area contributed by atoms with Gasteiger partial charge in [-0.3, -0.25) is 0 Å². The van der Waals surface area contributed by atoms with Gasteiger partial charge in [0, 0.05) is 33.3 Å². The van der Waals surface area contributed by atoms with Crippen LogP contribution in [0, 0.1) is 0 Å². The van der Waals surface area contributed by atoms with Crippen LogP contribution >= 0.6 is 0 Å². The molecule has 2 heteroatoms. The topological polar surface area (TPSA) is 18.1 Å². The molecule has 0 aliphatic rings. The molecule has 8 aromatic carbocycles. The minimum Gasteiger partial charge on any atom is -0.456 e. The monoisotopic (exact) mass is 559 g/mol. The van der Waals surface area contributed by atoms with Gasteiger partial charge in [-0.1, -0.05) is 109 Å². The van der Waals surface area contributed by atoms with E-state index in [1.807, 2.05) is 6.07 Å². The number of fused-ring (bicyclic) bond motifs is 12. The Morgan fingerprint density at radius 2 is 0.932 bits per heavy atom. The van der Waals surface area contributed by atoms with Crippen LogP contribution in [0.3, 0.4) is 0 Å². The van der Waals surface area contributed by atoms with E-state index in [9.17, 15) is 0 Å². The Morgan fingerprint density at radius 3 is 1.68 bits per heavy atom. The Kier molecular flexibility index (Phi) is 4.75. The normalized spacial score (nSPS) is 12.1. The molecule has 204 valence electrons. The lowest BCUT2D eigenvalue weighted by molar-refractivity contribution is 0.669. The molecule has 0 saturated heterocycles. The standard InChI is InChI=1S/C42H25NO/c1-2-10-26(11-3-1)27-18-21-39-36(22-27)37-24-38-34-16-8-9-17-41(34)44-42(38)25-40(37)43(39)28-19-20-33-31-14-5-4-12-29(31)30-13-6-7-15-32(30)35(33)23-28/h1-25H. The van der Waals surface area contributed by atoms with Gasteiger partial charge >= 0.3 is 0 Å². The molecule has 0 amide bonds. The summed E-state index contributed by atoms with van der Waals surface area (Å²) in [6.07, 6.45) is 0. The summed E-state index contributed by atoms with van der Waals surface area (Å²) in [5.41, 5.74) is 7.71. The number of benzene rings is 8. The van der Waals surface area contributed by atoms with E-state index in [2.05, 4.69) is 150 Å². The summed E-state index contributed by atoms with van der Waals surface area (Å²) in [5.74, 6) is 0. The molecule has 2 nitrogen and oxygen atoms in total. The third kappa shape index (κ3) is 3.25. The number of rotatable bonds is 2. The number of nitrogens with zero attached hydrogens (tertiary/aromatic N) is 1. The highest BCUT2D eigenvalue weighted by Gasteiger charge is 2.18. The van der Waals surface area contributed by atoms with Gasteiger partial charge in [0.05, 0.1) is 11.0 Å². The highest BCUT2D eigenvalue weighted by atomic mass is 16.3. The molecule has 0 spiro atoms. The van der Waals surface area contributed by atoms with Crippen LogP contribution in [0.1, 0.15) is 0 Å². The van der Waals surface area contributed by atoms with Crippen LogP contribution in [0.15, 0.2) is 156 Å². The molecule has 0 fully saturated rings. The second-order valence-electron chi connectivity index (χ2n) is 11.7. The van der Waals surface area contributed by atoms with E-state index in [1.54, 1.807) is 0 Å². The van der Waals surface area contributed by atoms with Crippen LogP contribution in [0.25, 0.3) is 92.9 Å². The van der Waals surface area contributed by atoms with Gasteiger partial charge in [0.15, 0.2) is 0 Å². The van der Waals surface area contributed by atoms with E-state index in [1.165, 1.54) is 59.7 Å². The Labute approximate surface area is 253 Å². The van der Waals surface area contributed by atoms with E-state index < -0.39 is 0 Å². The van der Waals surface area contributed by atoms with E-state index in [0.29, 0.717) is 0 Å². The van der Waals surface area contributed by atoms with Crippen molar-refractivity contribution in [1.82, 2.24) is 4.57 Å². The fourth-order valence-electron chi connectivity index (χ4n) is 7.36. The maximum absolute atomic E-state index is 6.40. The lowest BCUT2D eigenvalue weighted by atomic mass is 9.94. The minimum absolute atomic E-state index is 0.906. The van der Waals surface area contributed by atoms with Gasteiger partial charge in [0.1, 0.15) is 11.2 Å². The molecule has 0 unspecified atom stereocenters. The lowest BCUT2D eigenvalue weighted by Crippen LogP contribution is -1.94. The smallest absolute Gasteiger partial charge is 0.137 e. The Hall–Kier alpha value is -5.86. The van der Waals surface area contributed by atoms with Crippen molar-refractivity contribution in [2.75, 3.05) is 0 Å². The molecule has 44 heavy (non-hydrogen) atoms. The fourth-order valence-corrected chi connectivity index (χ4v) is 7.36. The molecule has 2 aromatic heterocycles. The third-order valence-electron chi connectivity index (χ3n) is 9.36. The largest absolute Gasteiger partial charge is 0.456 e. The predicted molar refractivity (Wildman–Crippen MR) is 186 cm³/mol. The number of hydrogen-bond acceptors (Lipinski definition) is 1. The first-order chi connectivity index (χ1) is 21.8. The van der Waals surface area contributed by atoms with Gasteiger partial charge in [-0.05, 0) is 79.8 Å². The maximum Gasteiger partial charge on any atom is 0.137 e. The number of para-hydroxylation sites is 1. The third-order valence-corrected chi connectivity index (χ3v) is 9.36. The van der Waals surface area contributed by atoms with Crippen LogP contribution in [0.4, 0.5) is 0 Å². The molecule has 0 aliphatic heterocycles. The van der Waals surface area contributed by atoms with E-state index in [4.69, 9.17) is 4.42 Å². The summed E-state index contributed by atoms with van der Waals surface area (Å²) < 4.78 is 8.82. The van der Waals surface area contributed by atoms with Gasteiger partial charge in [0.25, 0.3) is 0 Å². The lowest BCUT2D eigenvalue weighted by Gasteiger charge is -2.14. The van der Waals surface area contributed by atoms with Crippen LogP contribution in [0.5, 0.6) is 0 Å². The van der Waals surface area contributed by atoms with E-state index in [-0.39, 0.29) is 0 Å². The molecule has 10 rings (SSSR count). The summed E-state index contributed by atoms with van der Waals surface area (Å²) in [6.45, 7) is 0. The minimum atomic E-state index is 0.906. The van der Waals surface area contributed by atoms with E-state index >= 15 is 0 Å². The van der Waals surface area contributed by atoms with Crippen molar-refractivity contribution in [1.29, 1.82) is 0 Å². The van der Waals surface area contributed by atoms with Crippen molar-refractivity contribution in [3.05, 3.63) is 152 Å². The van der Waals surface area contributed by atoms with Gasteiger partial charge in [-0.15, -0.1) is 0 Å². The zero-order chi connectivity index (χ0) is 28.8. The van der Waals surface area contributed by atoms with Crippen molar-refractivity contribution in [3.63, 3.8) is 0 Å². The van der Waals surface area contributed by atoms with Crippen LogP contribution < -0.4 is 0 Å². The number of aromatic nitrogens is 1. The molecule has 0 bridgehead atoms. The average Bonchev–Trinajstić information content (AvgIpc) is 3.62. The van der Waals surface area contributed by atoms with Crippen molar-refractivity contribution in [3.8, 4) is 16.8 Å². The highest BCUT2D eigenvalue weighted by molar-refractivity contribution is 6.26. The molecular formula is C42H25NO. The molecule has 0 atom stereocenters. The first-order valence-corrected chi connectivity index (χ1v) is 15.1. The summed E-state index contributed by atoms with van der Waals surface area (Å²) in [5, 5.41) is 12.4. The molecule has 0 saturated carbocycles. The highest BCUT2D eigenvalue weighted by Crippen LogP contribution is 2.41. The van der Waals surface area contributed by atoms with Gasteiger partial charge in [-0.2, -0.15) is 0 Å².